The lowest BCUT2D eigenvalue weighted by Gasteiger charge is -2.58. The van der Waals surface area contributed by atoms with Gasteiger partial charge in [-0.05, 0) is 62.1 Å². The third-order valence-electron chi connectivity index (χ3n) is 6.98. The summed E-state index contributed by atoms with van der Waals surface area (Å²) in [5.74, 6) is 2.29. The molecule has 0 aromatic heterocycles. The molecule has 1 saturated heterocycles. The van der Waals surface area contributed by atoms with E-state index in [0.29, 0.717) is 29.9 Å². The fraction of sp³-hybridized carbons (Fsp3) is 0.650. The van der Waals surface area contributed by atoms with Crippen molar-refractivity contribution in [2.75, 3.05) is 13.1 Å². The average molecular weight is 311 g/mol. The highest BCUT2D eigenvalue weighted by atomic mass is 16.3. The van der Waals surface area contributed by atoms with Crippen LogP contribution >= 0.6 is 0 Å². The van der Waals surface area contributed by atoms with Gasteiger partial charge in [0.1, 0.15) is 11.5 Å². The topological polar surface area (TPSA) is 40.5 Å². The van der Waals surface area contributed by atoms with E-state index in [1.807, 2.05) is 12.1 Å². The van der Waals surface area contributed by atoms with Crippen LogP contribution in [0.25, 0.3) is 0 Å². The van der Waals surface area contributed by atoms with Crippen LogP contribution in [-0.4, -0.2) is 34.9 Å². The number of ketones is 1. The molecule has 3 aliphatic carbocycles. The largest absolute Gasteiger partial charge is 0.508 e. The van der Waals surface area contributed by atoms with Gasteiger partial charge in [-0.1, -0.05) is 12.1 Å². The number of nitrogens with zero attached hydrogens (tertiary/aromatic N) is 1. The van der Waals surface area contributed by atoms with Gasteiger partial charge in [0.25, 0.3) is 0 Å². The summed E-state index contributed by atoms with van der Waals surface area (Å²) in [6.07, 6.45) is 7.29. The first-order valence-electron chi connectivity index (χ1n) is 9.24. The van der Waals surface area contributed by atoms with Crippen LogP contribution in [0.4, 0.5) is 0 Å². The SMILES string of the molecule is O=C1CCC2C3Cc4cccc(O)c4[C@@]2(CCN3CC2CC2)C1. The first-order chi connectivity index (χ1) is 11.2. The molecule has 4 aliphatic rings. The maximum atomic E-state index is 12.3. The van der Waals surface area contributed by atoms with Crippen LogP contribution in [0.3, 0.4) is 0 Å². The summed E-state index contributed by atoms with van der Waals surface area (Å²) >= 11 is 0. The molecule has 3 atom stereocenters. The number of likely N-dealkylation sites (tertiary alicyclic amines) is 1. The van der Waals surface area contributed by atoms with E-state index in [4.69, 9.17) is 0 Å². The number of hydrogen-bond donors (Lipinski definition) is 1. The maximum Gasteiger partial charge on any atom is 0.133 e. The third-order valence-corrected chi connectivity index (χ3v) is 6.98. The first-order valence-corrected chi connectivity index (χ1v) is 9.24. The average Bonchev–Trinajstić information content (AvgIpc) is 3.33. The number of hydrogen-bond acceptors (Lipinski definition) is 3. The zero-order valence-electron chi connectivity index (χ0n) is 13.6. The van der Waals surface area contributed by atoms with E-state index >= 15 is 0 Å². The Morgan fingerprint density at radius 1 is 1.26 bits per heavy atom. The van der Waals surface area contributed by atoms with E-state index in [0.717, 1.165) is 43.7 Å². The van der Waals surface area contributed by atoms with Crippen LogP contribution in [0.5, 0.6) is 5.75 Å². The molecular weight excluding hydrogens is 286 g/mol. The molecule has 122 valence electrons. The fourth-order valence-corrected chi connectivity index (χ4v) is 5.85. The van der Waals surface area contributed by atoms with Gasteiger partial charge >= 0.3 is 0 Å². The van der Waals surface area contributed by atoms with Crippen LogP contribution in [0.15, 0.2) is 18.2 Å². The molecule has 0 spiro atoms. The lowest BCUT2D eigenvalue weighted by Crippen LogP contribution is -2.62. The molecule has 1 aliphatic heterocycles. The van der Waals surface area contributed by atoms with Crippen molar-refractivity contribution in [3.05, 3.63) is 29.3 Å². The van der Waals surface area contributed by atoms with Crippen LogP contribution in [0.2, 0.25) is 0 Å². The van der Waals surface area contributed by atoms with Gasteiger partial charge in [-0.15, -0.1) is 0 Å². The van der Waals surface area contributed by atoms with E-state index in [2.05, 4.69) is 11.0 Å². The number of aromatic hydroxyl groups is 1. The van der Waals surface area contributed by atoms with Gasteiger partial charge in [-0.25, -0.2) is 0 Å². The summed E-state index contributed by atoms with van der Waals surface area (Å²) in [6.45, 7) is 2.35. The highest BCUT2D eigenvalue weighted by Crippen LogP contribution is 2.57. The molecule has 3 nitrogen and oxygen atoms in total. The molecule has 23 heavy (non-hydrogen) atoms. The number of fused-ring (bicyclic) bond motifs is 1. The highest BCUT2D eigenvalue weighted by molar-refractivity contribution is 5.82. The number of benzene rings is 1. The first kappa shape index (κ1) is 14.0. The molecule has 3 fully saturated rings. The van der Waals surface area contributed by atoms with Crippen molar-refractivity contribution in [3.63, 3.8) is 0 Å². The molecule has 1 N–H and O–H groups in total. The van der Waals surface area contributed by atoms with Crippen molar-refractivity contribution in [1.82, 2.24) is 4.90 Å². The summed E-state index contributed by atoms with van der Waals surface area (Å²) in [5, 5.41) is 10.6. The molecule has 2 unspecified atom stereocenters. The van der Waals surface area contributed by atoms with Crippen LogP contribution < -0.4 is 0 Å². The minimum Gasteiger partial charge on any atom is -0.508 e. The number of carbonyl (C=O) groups is 1. The van der Waals surface area contributed by atoms with Crippen LogP contribution in [0.1, 0.15) is 49.7 Å². The van der Waals surface area contributed by atoms with Crippen LogP contribution in [-0.2, 0) is 16.6 Å². The molecule has 1 heterocycles. The summed E-state index contributed by atoms with van der Waals surface area (Å²) in [7, 11) is 0. The van der Waals surface area contributed by atoms with Crippen molar-refractivity contribution in [1.29, 1.82) is 0 Å². The molecular formula is C20H25NO2. The van der Waals surface area contributed by atoms with E-state index in [1.165, 1.54) is 24.9 Å². The standard InChI is InChI=1S/C20H25NO2/c22-15-6-7-16-17-10-14-2-1-3-18(23)19(14)20(16,11-15)8-9-21(17)12-13-4-5-13/h1-3,13,16-17,23H,4-12H2/t16?,17?,20-/m0/s1. The number of phenols is 1. The smallest absolute Gasteiger partial charge is 0.133 e. The van der Waals surface area contributed by atoms with Crippen molar-refractivity contribution in [3.8, 4) is 5.75 Å². The Labute approximate surface area is 137 Å². The van der Waals surface area contributed by atoms with Crippen molar-refractivity contribution >= 4 is 5.78 Å². The highest BCUT2D eigenvalue weighted by Gasteiger charge is 2.56. The summed E-state index contributed by atoms with van der Waals surface area (Å²) in [5.41, 5.74) is 2.33. The molecule has 1 aromatic rings. The van der Waals surface area contributed by atoms with Gasteiger partial charge in [-0.3, -0.25) is 9.69 Å². The summed E-state index contributed by atoms with van der Waals surface area (Å²) < 4.78 is 0. The summed E-state index contributed by atoms with van der Waals surface area (Å²) in [6, 6.07) is 6.55. The molecule has 1 aromatic carbocycles. The van der Waals surface area contributed by atoms with E-state index in [1.54, 1.807) is 0 Å². The maximum absolute atomic E-state index is 12.3. The second-order valence-electron chi connectivity index (χ2n) is 8.29. The minimum atomic E-state index is -0.0843. The second-order valence-corrected chi connectivity index (χ2v) is 8.29. The zero-order valence-corrected chi connectivity index (χ0v) is 13.6. The van der Waals surface area contributed by atoms with Gasteiger partial charge in [0.2, 0.25) is 0 Å². The predicted molar refractivity (Wildman–Crippen MR) is 88.5 cm³/mol. The quantitative estimate of drug-likeness (QED) is 0.912. The predicted octanol–water partition coefficient (Wildman–Crippen LogP) is 3.04. The Balaban J connectivity index is 1.62. The van der Waals surface area contributed by atoms with Crippen molar-refractivity contribution < 1.29 is 9.90 Å². The van der Waals surface area contributed by atoms with Gasteiger partial charge < -0.3 is 5.11 Å². The van der Waals surface area contributed by atoms with E-state index in [-0.39, 0.29) is 5.41 Å². The Morgan fingerprint density at radius 2 is 2.13 bits per heavy atom. The van der Waals surface area contributed by atoms with E-state index in [9.17, 15) is 9.90 Å². The van der Waals surface area contributed by atoms with Gasteiger partial charge in [-0.2, -0.15) is 0 Å². The Bertz CT molecular complexity index is 666. The lowest BCUT2D eigenvalue weighted by atomic mass is 9.52. The normalized spacial score (nSPS) is 36.4. The number of Topliss-reactive ketones (excluding diaryl/α,β-unsaturated/α-hetero) is 1. The van der Waals surface area contributed by atoms with Crippen molar-refractivity contribution in [2.24, 2.45) is 11.8 Å². The Kier molecular flexibility index (Phi) is 2.94. The Hall–Kier alpha value is -1.35. The summed E-state index contributed by atoms with van der Waals surface area (Å²) in [4.78, 5) is 15.0. The minimum absolute atomic E-state index is 0.0843. The number of carbonyl (C=O) groups excluding carboxylic acids is 1. The zero-order chi connectivity index (χ0) is 15.6. The molecule has 5 rings (SSSR count). The number of piperidine rings is 1. The molecule has 3 heteroatoms. The Morgan fingerprint density at radius 3 is 2.96 bits per heavy atom. The number of rotatable bonds is 2. The van der Waals surface area contributed by atoms with Gasteiger partial charge in [0.15, 0.2) is 0 Å². The fourth-order valence-electron chi connectivity index (χ4n) is 5.85. The van der Waals surface area contributed by atoms with E-state index < -0.39 is 0 Å². The monoisotopic (exact) mass is 311 g/mol. The lowest BCUT2D eigenvalue weighted by molar-refractivity contribution is -0.127. The van der Waals surface area contributed by atoms with Gasteiger partial charge in [0.05, 0.1) is 0 Å². The van der Waals surface area contributed by atoms with Crippen LogP contribution in [0, 0.1) is 11.8 Å². The molecule has 0 amide bonds. The molecule has 2 bridgehead atoms. The van der Waals surface area contributed by atoms with Crippen molar-refractivity contribution in [2.45, 2.75) is 56.4 Å². The second kappa shape index (κ2) is 4.83. The molecule has 0 radical (unpaired) electrons. The molecule has 2 saturated carbocycles. The number of phenolic OH excluding ortho intramolecular Hbond substituents is 1. The third kappa shape index (κ3) is 2.02. The van der Waals surface area contributed by atoms with Gasteiger partial charge in [0, 0.05) is 36.4 Å².